The number of aryl methyl sites for hydroxylation is 1. The number of amidine groups is 1. The van der Waals surface area contributed by atoms with Crippen molar-refractivity contribution in [2.24, 2.45) is 10.1 Å². The van der Waals surface area contributed by atoms with E-state index in [0.29, 0.717) is 28.2 Å². The normalized spacial score (nSPS) is 14.7. The zero-order chi connectivity index (χ0) is 33.8. The van der Waals surface area contributed by atoms with E-state index in [1.54, 1.807) is 37.3 Å². The fourth-order valence-corrected chi connectivity index (χ4v) is 5.14. The average Bonchev–Trinajstić information content (AvgIpc) is 3.63. The fraction of sp³-hybridized carbons (Fsp3) is 0.172. The number of thioether (sulfide) groups is 1. The van der Waals surface area contributed by atoms with E-state index in [-0.39, 0.29) is 33.2 Å². The van der Waals surface area contributed by atoms with Crippen LogP contribution in [-0.2, 0) is 4.79 Å². The quantitative estimate of drug-likeness (QED) is 0.0975. The van der Waals surface area contributed by atoms with Gasteiger partial charge < -0.3 is 9.47 Å². The molecular formula is C29H21F6N7O3S2. The van der Waals surface area contributed by atoms with E-state index in [2.05, 4.69) is 30.3 Å². The maximum atomic E-state index is 12.8. The number of thiocarbonyl (C=S) groups is 1. The van der Waals surface area contributed by atoms with Gasteiger partial charge in [-0.25, -0.2) is 9.67 Å². The molecule has 5 rings (SSSR count). The van der Waals surface area contributed by atoms with Crippen molar-refractivity contribution in [3.63, 3.8) is 0 Å². The number of halogens is 6. The Hall–Kier alpha value is -4.97. The van der Waals surface area contributed by atoms with Crippen LogP contribution in [0, 0.1) is 6.92 Å². The van der Waals surface area contributed by atoms with E-state index >= 15 is 0 Å². The lowest BCUT2D eigenvalue weighted by atomic mass is 10.1. The highest BCUT2D eigenvalue weighted by Gasteiger charge is 2.34. The molecule has 1 aliphatic heterocycles. The molecule has 4 aromatic rings. The van der Waals surface area contributed by atoms with Crippen LogP contribution >= 0.6 is 24.0 Å². The number of amides is 1. The molecule has 1 aliphatic rings. The molecule has 2 heterocycles. The van der Waals surface area contributed by atoms with Gasteiger partial charge in [-0.05, 0) is 66.7 Å². The Labute approximate surface area is 272 Å². The lowest BCUT2D eigenvalue weighted by molar-refractivity contribution is -0.274. The predicted molar refractivity (Wildman–Crippen MR) is 167 cm³/mol. The second-order valence-electron chi connectivity index (χ2n) is 9.64. The number of ether oxygens (including phenoxy) is 2. The van der Waals surface area contributed by atoms with Crippen LogP contribution in [0.3, 0.4) is 0 Å². The van der Waals surface area contributed by atoms with E-state index < -0.39 is 25.1 Å². The first-order valence-corrected chi connectivity index (χ1v) is 14.7. The smallest absolute Gasteiger partial charge is 0.482 e. The van der Waals surface area contributed by atoms with Crippen LogP contribution in [0.15, 0.2) is 83.2 Å². The number of aliphatic imine (C=N–C) groups is 1. The number of hydrogen-bond acceptors (Lipinski definition) is 8. The van der Waals surface area contributed by atoms with Crippen LogP contribution in [0.4, 0.5) is 32.0 Å². The number of nitrogens with zero attached hydrogens (tertiary/aromatic N) is 6. The van der Waals surface area contributed by atoms with Crippen molar-refractivity contribution in [2.75, 3.05) is 17.3 Å². The van der Waals surface area contributed by atoms with Crippen molar-refractivity contribution in [1.82, 2.24) is 20.2 Å². The van der Waals surface area contributed by atoms with Gasteiger partial charge >= 0.3 is 12.5 Å². The van der Waals surface area contributed by atoms with Crippen molar-refractivity contribution >= 4 is 52.1 Å². The molecule has 1 fully saturated rings. The molecule has 47 heavy (non-hydrogen) atoms. The molecule has 1 amide bonds. The molecule has 0 spiro atoms. The first kappa shape index (κ1) is 33.4. The van der Waals surface area contributed by atoms with Crippen LogP contribution in [0.1, 0.15) is 11.1 Å². The Bertz CT molecular complexity index is 1830. The van der Waals surface area contributed by atoms with Gasteiger partial charge in [-0.1, -0.05) is 42.1 Å². The Morgan fingerprint density at radius 1 is 1.06 bits per heavy atom. The zero-order valence-electron chi connectivity index (χ0n) is 23.9. The van der Waals surface area contributed by atoms with Crippen molar-refractivity contribution < 1.29 is 40.6 Å². The Morgan fingerprint density at radius 2 is 1.79 bits per heavy atom. The first-order valence-electron chi connectivity index (χ1n) is 13.3. The minimum absolute atomic E-state index is 0.0000124. The lowest BCUT2D eigenvalue weighted by Gasteiger charge is -2.21. The molecule has 0 radical (unpaired) electrons. The molecule has 244 valence electrons. The Balaban J connectivity index is 1.21. The number of rotatable bonds is 8. The third kappa shape index (κ3) is 9.07. The highest BCUT2D eigenvalue weighted by molar-refractivity contribution is 8.15. The van der Waals surface area contributed by atoms with E-state index in [9.17, 15) is 31.1 Å². The molecule has 0 aliphatic carbocycles. The molecule has 18 heteroatoms. The van der Waals surface area contributed by atoms with Crippen LogP contribution in [-0.4, -0.2) is 62.1 Å². The number of benzene rings is 3. The summed E-state index contributed by atoms with van der Waals surface area (Å²) in [5, 5.41) is 8.47. The first-order chi connectivity index (χ1) is 22.2. The minimum Gasteiger partial charge on any atom is -0.482 e. The third-order valence-electron chi connectivity index (χ3n) is 6.08. The number of nitrogens with one attached hydrogen (secondary N) is 1. The number of carbonyl (C=O) groups is 1. The number of anilines is 1. The van der Waals surface area contributed by atoms with E-state index in [1.165, 1.54) is 53.6 Å². The van der Waals surface area contributed by atoms with Gasteiger partial charge in [0.2, 0.25) is 11.0 Å². The maximum absolute atomic E-state index is 12.8. The van der Waals surface area contributed by atoms with Crippen molar-refractivity contribution in [1.29, 1.82) is 0 Å². The molecule has 0 bridgehead atoms. The summed E-state index contributed by atoms with van der Waals surface area (Å²) in [6.45, 7) is 0.197. The minimum atomic E-state index is -4.79. The molecule has 1 saturated heterocycles. The Kier molecular flexibility index (Phi) is 9.80. The summed E-state index contributed by atoms with van der Waals surface area (Å²) in [5.41, 5.74) is 5.18. The summed E-state index contributed by atoms with van der Waals surface area (Å²) >= 11 is 6.31. The van der Waals surface area contributed by atoms with Gasteiger partial charge in [0.25, 0.3) is 0 Å². The van der Waals surface area contributed by atoms with E-state index in [4.69, 9.17) is 17.0 Å². The molecule has 0 unspecified atom stereocenters. The molecule has 3 aromatic carbocycles. The van der Waals surface area contributed by atoms with E-state index in [1.807, 2.05) is 0 Å². The molecule has 0 atom stereocenters. The second kappa shape index (κ2) is 13.8. The van der Waals surface area contributed by atoms with Gasteiger partial charge in [-0.2, -0.15) is 23.3 Å². The number of hydrazone groups is 1. The standard InChI is InChI=1S/C29H21F6N7O3S2/c1-17-2-11-23(44-15-28(30,31)32)22(12-17)42-24(43)14-47-27(42)38-26(46)39-37-13-18-3-5-19(6-4-18)25-36-16-41(40-25)20-7-9-21(10-8-20)45-29(33,34)35/h2-13,16H,14-15H2,1H3,(H,39,46)/b37-13+,38-27?. The monoisotopic (exact) mass is 693 g/mol. The van der Waals surface area contributed by atoms with Gasteiger partial charge in [-0.15, -0.1) is 18.3 Å². The molecule has 10 nitrogen and oxygen atoms in total. The van der Waals surface area contributed by atoms with Gasteiger partial charge in [0, 0.05) is 5.56 Å². The number of hydrogen-bond donors (Lipinski definition) is 1. The largest absolute Gasteiger partial charge is 0.573 e. The summed E-state index contributed by atoms with van der Waals surface area (Å²) in [6, 6.07) is 16.5. The van der Waals surface area contributed by atoms with Gasteiger partial charge in [0.1, 0.15) is 17.8 Å². The topological polar surface area (TPSA) is 106 Å². The lowest BCUT2D eigenvalue weighted by Crippen LogP contribution is -2.31. The van der Waals surface area contributed by atoms with Crippen LogP contribution in [0.2, 0.25) is 0 Å². The zero-order valence-corrected chi connectivity index (χ0v) is 25.5. The summed E-state index contributed by atoms with van der Waals surface area (Å²) < 4.78 is 85.8. The van der Waals surface area contributed by atoms with Crippen LogP contribution in [0.25, 0.3) is 17.1 Å². The second-order valence-corrected chi connectivity index (χ2v) is 11.0. The summed E-state index contributed by atoms with van der Waals surface area (Å²) in [5.74, 6) is -0.527. The van der Waals surface area contributed by atoms with Crippen molar-refractivity contribution in [3.8, 4) is 28.6 Å². The third-order valence-corrected chi connectivity index (χ3v) is 7.18. The summed E-state index contributed by atoms with van der Waals surface area (Å²) in [7, 11) is 0. The molecule has 1 N–H and O–H groups in total. The van der Waals surface area contributed by atoms with Crippen molar-refractivity contribution in [2.45, 2.75) is 19.5 Å². The summed E-state index contributed by atoms with van der Waals surface area (Å²) in [4.78, 5) is 22.3. The molecule has 1 aromatic heterocycles. The SMILES string of the molecule is Cc1ccc(OCC(F)(F)F)c(N2C(=O)CSC2=NC(=S)N/N=C/c2ccc(-c3ncn(-c4ccc(OC(F)(F)F)cc4)n3)cc2)c1. The fourth-order valence-electron chi connectivity index (χ4n) is 4.08. The highest BCUT2D eigenvalue weighted by atomic mass is 32.2. The van der Waals surface area contributed by atoms with Gasteiger partial charge in [0.05, 0.1) is 23.3 Å². The van der Waals surface area contributed by atoms with Crippen molar-refractivity contribution in [3.05, 3.63) is 84.2 Å². The number of aromatic nitrogens is 3. The average molecular weight is 694 g/mol. The molecular weight excluding hydrogens is 672 g/mol. The maximum Gasteiger partial charge on any atom is 0.573 e. The van der Waals surface area contributed by atoms with Gasteiger partial charge in [0.15, 0.2) is 17.6 Å². The highest BCUT2D eigenvalue weighted by Crippen LogP contribution is 2.36. The Morgan fingerprint density at radius 3 is 2.47 bits per heavy atom. The molecule has 0 saturated carbocycles. The summed E-state index contributed by atoms with van der Waals surface area (Å²) in [6.07, 6.45) is -6.48. The van der Waals surface area contributed by atoms with Crippen LogP contribution < -0.4 is 19.8 Å². The number of alkyl halides is 6. The van der Waals surface area contributed by atoms with Crippen LogP contribution in [0.5, 0.6) is 11.5 Å². The van der Waals surface area contributed by atoms with E-state index in [0.717, 1.165) is 16.7 Å². The van der Waals surface area contributed by atoms with Gasteiger partial charge in [-0.3, -0.25) is 15.1 Å². The predicted octanol–water partition coefficient (Wildman–Crippen LogP) is 6.43. The number of carbonyl (C=O) groups excluding carboxylic acids is 1.